The zero-order valence-electron chi connectivity index (χ0n) is 11.3. The fourth-order valence-electron chi connectivity index (χ4n) is 2.31. The van der Waals surface area contributed by atoms with Crippen LogP contribution in [0.15, 0.2) is 48.7 Å². The summed E-state index contributed by atoms with van der Waals surface area (Å²) in [6.45, 7) is 3.79. The number of hydrogen-bond acceptors (Lipinski definition) is 2. The minimum atomic E-state index is 0.725. The Kier molecular flexibility index (Phi) is 3.72. The number of fused-ring (bicyclic) bond motifs is 1. The van der Waals surface area contributed by atoms with Gasteiger partial charge in [0.05, 0.1) is 11.2 Å². The predicted molar refractivity (Wildman–Crippen MR) is 83.0 cm³/mol. The monoisotopic (exact) mass is 285 g/mol. The predicted octanol–water partition coefficient (Wildman–Crippen LogP) is 3.76. The number of nitrogens with one attached hydrogen (secondary N) is 1. The molecule has 102 valence electrons. The molecule has 0 saturated heterocycles. The highest BCUT2D eigenvalue weighted by atomic mass is 35.5. The van der Waals surface area contributed by atoms with Crippen LogP contribution in [0.3, 0.4) is 0 Å². The number of nitrogens with zero attached hydrogens (tertiary/aromatic N) is 2. The van der Waals surface area contributed by atoms with E-state index < -0.39 is 0 Å². The first-order valence-electron chi connectivity index (χ1n) is 6.72. The van der Waals surface area contributed by atoms with E-state index in [9.17, 15) is 0 Å². The van der Waals surface area contributed by atoms with Crippen molar-refractivity contribution >= 4 is 17.1 Å². The van der Waals surface area contributed by atoms with Crippen molar-refractivity contribution in [3.05, 3.63) is 59.4 Å². The summed E-state index contributed by atoms with van der Waals surface area (Å²) < 4.78 is 2.11. The van der Waals surface area contributed by atoms with Gasteiger partial charge in [0.15, 0.2) is 0 Å². The molecule has 0 bridgehead atoms. The number of rotatable bonds is 4. The summed E-state index contributed by atoms with van der Waals surface area (Å²) in [5.41, 5.74) is 3.22. The fraction of sp³-hybridized carbons (Fsp3) is 0.188. The molecule has 0 spiro atoms. The summed E-state index contributed by atoms with van der Waals surface area (Å²) in [6, 6.07) is 13.9. The zero-order valence-corrected chi connectivity index (χ0v) is 12.1. The minimum Gasteiger partial charge on any atom is -0.311 e. The Bertz CT molecular complexity index is 733. The number of benzene rings is 1. The first kappa shape index (κ1) is 13.2. The van der Waals surface area contributed by atoms with E-state index in [0.29, 0.717) is 0 Å². The highest BCUT2D eigenvalue weighted by Crippen LogP contribution is 2.24. The lowest BCUT2D eigenvalue weighted by Gasteiger charge is -2.01. The van der Waals surface area contributed by atoms with E-state index in [4.69, 9.17) is 16.6 Å². The molecule has 4 heteroatoms. The summed E-state index contributed by atoms with van der Waals surface area (Å²) in [6.07, 6.45) is 2.04. The van der Waals surface area contributed by atoms with E-state index in [1.807, 2.05) is 42.6 Å². The van der Waals surface area contributed by atoms with Gasteiger partial charge in [-0.2, -0.15) is 0 Å². The zero-order chi connectivity index (χ0) is 13.9. The van der Waals surface area contributed by atoms with Crippen molar-refractivity contribution in [2.24, 2.45) is 0 Å². The summed E-state index contributed by atoms with van der Waals surface area (Å²) in [4.78, 5) is 4.78. The van der Waals surface area contributed by atoms with Crippen molar-refractivity contribution < 1.29 is 0 Å². The van der Waals surface area contributed by atoms with Crippen LogP contribution in [-0.4, -0.2) is 15.9 Å². The van der Waals surface area contributed by atoms with E-state index in [1.165, 1.54) is 0 Å². The molecular weight excluding hydrogens is 270 g/mol. The lowest BCUT2D eigenvalue weighted by atomic mass is 10.2. The quantitative estimate of drug-likeness (QED) is 0.791. The number of halogens is 1. The molecule has 0 aliphatic heterocycles. The molecule has 0 aliphatic carbocycles. The van der Waals surface area contributed by atoms with Gasteiger partial charge in [0.2, 0.25) is 0 Å². The van der Waals surface area contributed by atoms with Crippen LogP contribution in [0.25, 0.3) is 16.9 Å². The van der Waals surface area contributed by atoms with Gasteiger partial charge in [0.1, 0.15) is 5.82 Å². The van der Waals surface area contributed by atoms with Crippen LogP contribution >= 0.6 is 11.6 Å². The molecule has 1 N–H and O–H groups in total. The number of imidazole rings is 1. The fourth-order valence-corrected chi connectivity index (χ4v) is 2.50. The van der Waals surface area contributed by atoms with Crippen LogP contribution in [-0.2, 0) is 6.54 Å². The molecule has 0 aliphatic rings. The van der Waals surface area contributed by atoms with Gasteiger partial charge in [-0.05, 0) is 30.8 Å². The summed E-state index contributed by atoms with van der Waals surface area (Å²) in [5.74, 6) is 0.927. The van der Waals surface area contributed by atoms with Gasteiger partial charge in [-0.1, -0.05) is 36.7 Å². The lowest BCUT2D eigenvalue weighted by Crippen LogP contribution is -2.12. The number of hydrogen-bond donors (Lipinski definition) is 1. The Morgan fingerprint density at radius 3 is 2.90 bits per heavy atom. The van der Waals surface area contributed by atoms with Crippen molar-refractivity contribution in [3.8, 4) is 11.4 Å². The molecule has 3 rings (SSSR count). The largest absolute Gasteiger partial charge is 0.311 e. The van der Waals surface area contributed by atoms with Crippen LogP contribution in [0.1, 0.15) is 12.6 Å². The van der Waals surface area contributed by atoms with Crippen molar-refractivity contribution in [2.75, 3.05) is 6.54 Å². The third-order valence-electron chi connectivity index (χ3n) is 3.25. The highest BCUT2D eigenvalue weighted by Gasteiger charge is 2.11. The van der Waals surface area contributed by atoms with Gasteiger partial charge in [0.25, 0.3) is 0 Å². The van der Waals surface area contributed by atoms with Gasteiger partial charge in [-0.15, -0.1) is 0 Å². The highest BCUT2D eigenvalue weighted by molar-refractivity contribution is 6.30. The normalized spacial score (nSPS) is 11.1. The summed E-state index contributed by atoms with van der Waals surface area (Å²) in [7, 11) is 0. The van der Waals surface area contributed by atoms with Gasteiger partial charge >= 0.3 is 0 Å². The maximum absolute atomic E-state index is 6.09. The van der Waals surface area contributed by atoms with Crippen LogP contribution < -0.4 is 5.32 Å². The molecular formula is C16H16ClN3. The average Bonchev–Trinajstić information content (AvgIpc) is 2.84. The van der Waals surface area contributed by atoms with Gasteiger partial charge in [0, 0.05) is 23.3 Å². The Labute approximate surface area is 123 Å². The third kappa shape index (κ3) is 2.42. The molecule has 20 heavy (non-hydrogen) atoms. The second-order valence-corrected chi connectivity index (χ2v) is 5.07. The van der Waals surface area contributed by atoms with Crippen LogP contribution in [0, 0.1) is 0 Å². The second kappa shape index (κ2) is 5.65. The maximum Gasteiger partial charge on any atom is 0.144 e. The van der Waals surface area contributed by atoms with Crippen molar-refractivity contribution in [1.29, 1.82) is 0 Å². The van der Waals surface area contributed by atoms with Crippen LogP contribution in [0.5, 0.6) is 0 Å². The molecule has 0 fully saturated rings. The Morgan fingerprint density at radius 1 is 1.20 bits per heavy atom. The van der Waals surface area contributed by atoms with Gasteiger partial charge < -0.3 is 5.32 Å². The standard InChI is InChI=1S/C16H16ClN3/c1-2-18-11-14-15-8-3-4-9-20(15)16(19-14)12-6-5-7-13(17)10-12/h3-10,18H,2,11H2,1H3. The molecule has 3 aromatic rings. The molecule has 2 heterocycles. The summed E-state index contributed by atoms with van der Waals surface area (Å²) >= 11 is 6.09. The van der Waals surface area contributed by atoms with E-state index in [-0.39, 0.29) is 0 Å². The molecule has 2 aromatic heterocycles. The van der Waals surface area contributed by atoms with Crippen LogP contribution in [0.4, 0.5) is 0 Å². The average molecular weight is 286 g/mol. The molecule has 0 saturated carbocycles. The molecule has 3 nitrogen and oxygen atoms in total. The maximum atomic E-state index is 6.09. The second-order valence-electron chi connectivity index (χ2n) is 4.63. The molecule has 0 unspecified atom stereocenters. The van der Waals surface area contributed by atoms with E-state index in [2.05, 4.69) is 22.7 Å². The first-order chi connectivity index (χ1) is 9.79. The molecule has 0 atom stereocenters. The third-order valence-corrected chi connectivity index (χ3v) is 3.48. The smallest absolute Gasteiger partial charge is 0.144 e. The molecule has 0 amide bonds. The van der Waals surface area contributed by atoms with E-state index in [0.717, 1.165) is 40.7 Å². The van der Waals surface area contributed by atoms with Crippen molar-refractivity contribution in [2.45, 2.75) is 13.5 Å². The van der Waals surface area contributed by atoms with E-state index >= 15 is 0 Å². The minimum absolute atomic E-state index is 0.725. The van der Waals surface area contributed by atoms with Crippen molar-refractivity contribution in [1.82, 2.24) is 14.7 Å². The topological polar surface area (TPSA) is 29.3 Å². The Morgan fingerprint density at radius 2 is 2.10 bits per heavy atom. The Hall–Kier alpha value is -1.84. The molecule has 1 aromatic carbocycles. The Balaban J connectivity index is 2.15. The molecule has 0 radical (unpaired) electrons. The first-order valence-corrected chi connectivity index (χ1v) is 7.10. The van der Waals surface area contributed by atoms with Gasteiger partial charge in [-0.3, -0.25) is 4.40 Å². The van der Waals surface area contributed by atoms with Crippen molar-refractivity contribution in [3.63, 3.8) is 0 Å². The van der Waals surface area contributed by atoms with E-state index in [1.54, 1.807) is 0 Å². The number of pyridine rings is 1. The number of aromatic nitrogens is 2. The van der Waals surface area contributed by atoms with Gasteiger partial charge in [-0.25, -0.2) is 4.98 Å². The SMILES string of the molecule is CCNCc1nc(-c2cccc(Cl)c2)n2ccccc12. The van der Waals surface area contributed by atoms with Crippen LogP contribution in [0.2, 0.25) is 5.02 Å². The summed E-state index contributed by atoms with van der Waals surface area (Å²) in [5, 5.41) is 4.06. The lowest BCUT2D eigenvalue weighted by molar-refractivity contribution is 0.718.